The van der Waals surface area contributed by atoms with E-state index >= 15 is 0 Å². The summed E-state index contributed by atoms with van der Waals surface area (Å²) >= 11 is 0. The van der Waals surface area contributed by atoms with Gasteiger partial charge in [-0.3, -0.25) is 0 Å². The molecular formula is C110H218. The van der Waals surface area contributed by atoms with Gasteiger partial charge in [-0.15, -0.1) is 0 Å². The van der Waals surface area contributed by atoms with E-state index in [1.54, 1.807) is 0 Å². The Kier molecular flexibility index (Phi) is 44.0. The molecular weight excluding hydrogens is 1320 g/mol. The first kappa shape index (κ1) is 106. The van der Waals surface area contributed by atoms with Crippen LogP contribution >= 0.6 is 0 Å². The second-order valence-corrected chi connectivity index (χ2v) is 52.7. The maximum atomic E-state index is 2.48. The molecule has 0 spiro atoms. The molecule has 0 N–H and O–H groups in total. The number of rotatable bonds is 3. The Balaban J connectivity index is 0.000000408. The summed E-state index contributed by atoms with van der Waals surface area (Å²) in [6.07, 6.45) is 50.9. The third-order valence-electron chi connectivity index (χ3n) is 35.6. The lowest BCUT2D eigenvalue weighted by atomic mass is 9.56. The zero-order valence-corrected chi connectivity index (χ0v) is 85.0. The molecule has 13 fully saturated rings. The van der Waals surface area contributed by atoms with E-state index < -0.39 is 0 Å². The molecule has 13 saturated carbocycles. The highest BCUT2D eigenvalue weighted by molar-refractivity contribution is 4.98. The van der Waals surface area contributed by atoms with Crippen LogP contribution in [0.25, 0.3) is 0 Å². The van der Waals surface area contributed by atoms with E-state index in [9.17, 15) is 0 Å². The number of hydrogen-bond acceptors (Lipinski definition) is 0. The lowest BCUT2D eigenvalue weighted by molar-refractivity contribution is 0.0202. The lowest BCUT2D eigenvalue weighted by Crippen LogP contribution is -2.39. The maximum absolute atomic E-state index is 2.48. The van der Waals surface area contributed by atoms with Crippen LogP contribution in [0.2, 0.25) is 0 Å². The summed E-state index contributed by atoms with van der Waals surface area (Å²) in [5, 5.41) is 0. The van der Waals surface area contributed by atoms with Crippen LogP contribution in [-0.2, 0) is 0 Å². The quantitative estimate of drug-likeness (QED) is 0.264. The van der Waals surface area contributed by atoms with Gasteiger partial charge >= 0.3 is 0 Å². The Morgan fingerprint density at radius 1 is 0.300 bits per heavy atom. The molecule has 13 aliphatic rings. The molecule has 0 saturated heterocycles. The first-order valence-corrected chi connectivity index (χ1v) is 49.9. The Morgan fingerprint density at radius 3 is 0.891 bits per heavy atom. The van der Waals surface area contributed by atoms with Crippen molar-refractivity contribution in [3.05, 3.63) is 0 Å². The molecule has 110 heavy (non-hydrogen) atoms. The summed E-state index contributed by atoms with van der Waals surface area (Å²) in [6.45, 7) is 100. The second-order valence-electron chi connectivity index (χ2n) is 52.7. The minimum Gasteiger partial charge on any atom is -0.0651 e. The van der Waals surface area contributed by atoms with Crippen molar-refractivity contribution in [3.63, 3.8) is 0 Å². The van der Waals surface area contributed by atoms with Crippen molar-refractivity contribution < 1.29 is 0 Å². The van der Waals surface area contributed by atoms with Crippen molar-refractivity contribution >= 4 is 0 Å². The van der Waals surface area contributed by atoms with Gasteiger partial charge in [0.2, 0.25) is 0 Å². The van der Waals surface area contributed by atoms with E-state index in [2.05, 4.69) is 291 Å². The van der Waals surface area contributed by atoms with E-state index in [4.69, 9.17) is 0 Å². The van der Waals surface area contributed by atoms with Crippen LogP contribution in [0.1, 0.15) is 516 Å². The van der Waals surface area contributed by atoms with Gasteiger partial charge in [-0.1, -0.05) is 394 Å². The standard InChI is InChI=1S/C12H24.2C11H22.C9H16.3C9H18.5C8H16/c1-10(2)7-11(3,4)9-12(5,6)8-10;1-9-6-10(2,3)8-11(4,5)7-9;1-9-10(2,3)7-6-8-11(9,4)5;1-7-5-8-3-4-9(7,2)6-8;1-8-4-6-9(2,3)7-5-8;1-8-6-4-5-7-9(8,2)3;1-7-5-4-6-8(2)9(7)3;1-6(2)8-4-7(3)5-8;1-8(2,3)7-5-4-6-7;1-6-4-5-7(2)8(6)3;1-5-6(2)8(4)7(5)3;1-3-7(2)8-5-4-6-8/h7-9H2,1-6H3;2*9H,6-8H2,1-5H3;7-8H,3-6H2,1-2H3;2*8H,4-7H2,1-3H3;7-9H,4-6H2,1-3H3;6-8H,4-5H2,1-3H3;7H,4-6H2,1-3H3;6-8H,4-5H2,1-3H3;5-8H,1-4H3;7-8H,3-6H2,1-2H3/t;;;7-,8?,9?;;8-;;;;;;/m...0.1....../s1. The molecule has 13 aliphatic carbocycles. The molecule has 2 bridgehead atoms. The summed E-state index contributed by atoms with van der Waals surface area (Å²) in [7, 11) is 0. The third kappa shape index (κ3) is 38.2. The summed E-state index contributed by atoms with van der Waals surface area (Å²) < 4.78 is 0. The predicted octanol–water partition coefficient (Wildman–Crippen LogP) is 37.9. The first-order valence-electron chi connectivity index (χ1n) is 49.9. The van der Waals surface area contributed by atoms with Gasteiger partial charge in [0.25, 0.3) is 0 Å². The lowest BCUT2D eigenvalue weighted by Gasteiger charge is -2.49. The molecule has 0 aliphatic heterocycles. The summed E-state index contributed by atoms with van der Waals surface area (Å²) in [4.78, 5) is 0. The van der Waals surface area contributed by atoms with Gasteiger partial charge in [-0.2, -0.15) is 0 Å². The molecule has 0 aromatic carbocycles. The van der Waals surface area contributed by atoms with Gasteiger partial charge < -0.3 is 0 Å². The third-order valence-corrected chi connectivity index (χ3v) is 35.6. The van der Waals surface area contributed by atoms with Crippen LogP contribution < -0.4 is 0 Å². The highest BCUT2D eigenvalue weighted by Gasteiger charge is 2.47. The normalized spacial score (nSPS) is 36.6. The van der Waals surface area contributed by atoms with E-state index in [0.29, 0.717) is 54.1 Å². The molecule has 0 nitrogen and oxygen atoms in total. The van der Waals surface area contributed by atoms with Crippen molar-refractivity contribution in [2.24, 2.45) is 190 Å². The average molecular weight is 1540 g/mol. The highest BCUT2D eigenvalue weighted by atomic mass is 14.5. The average Bonchev–Trinajstić information content (AvgIpc) is 1.61. The minimum absolute atomic E-state index is 0.547. The molecule has 0 heterocycles. The van der Waals surface area contributed by atoms with Gasteiger partial charge in [0, 0.05) is 0 Å². The maximum Gasteiger partial charge on any atom is -0.0297 e. The fraction of sp³-hybridized carbons (Fsp3) is 1.00. The zero-order chi connectivity index (χ0) is 85.0. The van der Waals surface area contributed by atoms with Crippen LogP contribution in [-0.4, -0.2) is 0 Å². The van der Waals surface area contributed by atoms with E-state index in [1.165, 1.54) is 225 Å². The minimum atomic E-state index is 0.547. The van der Waals surface area contributed by atoms with Crippen molar-refractivity contribution in [2.75, 3.05) is 0 Å². The van der Waals surface area contributed by atoms with E-state index in [0.717, 1.165) is 136 Å². The number of hydrogen-bond donors (Lipinski definition) is 0. The van der Waals surface area contributed by atoms with E-state index in [-0.39, 0.29) is 0 Å². The van der Waals surface area contributed by atoms with Crippen molar-refractivity contribution in [1.82, 2.24) is 0 Å². The number of fused-ring (bicyclic) bond motifs is 2. The first-order chi connectivity index (χ1) is 49.9. The van der Waals surface area contributed by atoms with E-state index in [1.807, 2.05) is 0 Å². The monoisotopic (exact) mass is 1540 g/mol. The Labute approximate surface area is 701 Å². The Bertz CT molecular complexity index is 2260. The van der Waals surface area contributed by atoms with Crippen molar-refractivity contribution in [3.8, 4) is 0 Å². The van der Waals surface area contributed by atoms with Crippen molar-refractivity contribution in [2.45, 2.75) is 516 Å². The van der Waals surface area contributed by atoms with Crippen LogP contribution in [0.5, 0.6) is 0 Å². The molecule has 0 aromatic rings. The van der Waals surface area contributed by atoms with Gasteiger partial charge in [-0.25, -0.2) is 0 Å². The molecule has 0 aromatic heterocycles. The smallest absolute Gasteiger partial charge is 0.0297 e. The molecule has 9 atom stereocenters. The zero-order valence-electron chi connectivity index (χ0n) is 85.0. The van der Waals surface area contributed by atoms with Crippen molar-refractivity contribution in [1.29, 1.82) is 0 Å². The van der Waals surface area contributed by atoms with Gasteiger partial charge in [0.05, 0.1) is 0 Å². The largest absolute Gasteiger partial charge is 0.0651 e. The Morgan fingerprint density at radius 2 is 0.682 bits per heavy atom. The Hall–Kier alpha value is 0. The van der Waals surface area contributed by atoms with Crippen LogP contribution in [0.3, 0.4) is 0 Å². The molecule has 0 amide bonds. The fourth-order valence-corrected chi connectivity index (χ4v) is 25.4. The predicted molar refractivity (Wildman–Crippen MR) is 503 cm³/mol. The summed E-state index contributed by atoms with van der Waals surface area (Å²) in [6, 6.07) is 0. The summed E-state index contributed by atoms with van der Waals surface area (Å²) in [5.74, 6) is 21.8. The topological polar surface area (TPSA) is 0 Å². The molecule has 13 rings (SSSR count). The fourth-order valence-electron chi connectivity index (χ4n) is 25.4. The van der Waals surface area contributed by atoms with Gasteiger partial charge in [0.15, 0.2) is 0 Å². The molecule has 0 radical (unpaired) electrons. The van der Waals surface area contributed by atoms with Crippen LogP contribution in [0.15, 0.2) is 0 Å². The SMILES string of the molecule is CC(C)(C)C1CCC1.CC1(C)CC(C)(C)CC(C)(C)C1.CC1C(C)(C)CCCC1(C)C.CC1C(C)C(C)C1C.CC1CC(C(C)C)C1.CC1CC(C)(C)CC(C)(C)C1.CC1CCC(C)(C)CC1.CC1CCC(C)C1C.CC1CCCC(C)C1C.CCC(C)C1CCC1.C[C@@H]1CCCCC1(C)C.C[C@H]1CC2CCC1(C)C2. The highest BCUT2D eigenvalue weighted by Crippen LogP contribution is 2.58. The summed E-state index contributed by atoms with van der Waals surface area (Å²) in [5.41, 5.74) is 6.61. The van der Waals surface area contributed by atoms with Gasteiger partial charge in [-0.05, 0) is 312 Å². The molecule has 7 unspecified atom stereocenters. The molecule has 658 valence electrons. The van der Waals surface area contributed by atoms with Gasteiger partial charge in [0.1, 0.15) is 0 Å². The van der Waals surface area contributed by atoms with Crippen LogP contribution in [0.4, 0.5) is 0 Å². The molecule has 0 heteroatoms. The second kappa shape index (κ2) is 45.6. The van der Waals surface area contributed by atoms with Crippen LogP contribution in [0, 0.1) is 190 Å².